The van der Waals surface area contributed by atoms with Crippen LogP contribution in [0.5, 0.6) is 0 Å². The van der Waals surface area contributed by atoms with Gasteiger partial charge in [0.2, 0.25) is 0 Å². The molecule has 0 aliphatic carbocycles. The molecule has 0 saturated heterocycles. The van der Waals surface area contributed by atoms with Gasteiger partial charge in [0.25, 0.3) is 0 Å². The minimum Gasteiger partial charge on any atom is -0.306 e. The third kappa shape index (κ3) is 5.04. The standard InChI is InChI=1S/C13H23N3S/c1-5-17-9-6-10(2)16-12(4)13-11(3)14-7-8-15-13/h7-8,10,12,16H,5-6,9H2,1-4H3. The molecule has 96 valence electrons. The zero-order valence-corrected chi connectivity index (χ0v) is 12.0. The number of rotatable bonds is 7. The van der Waals surface area contributed by atoms with Crippen LogP contribution in [0.15, 0.2) is 12.4 Å². The van der Waals surface area contributed by atoms with Crippen LogP contribution in [0.25, 0.3) is 0 Å². The van der Waals surface area contributed by atoms with E-state index < -0.39 is 0 Å². The van der Waals surface area contributed by atoms with Gasteiger partial charge in [-0.3, -0.25) is 9.97 Å². The number of thioether (sulfide) groups is 1. The van der Waals surface area contributed by atoms with Gasteiger partial charge in [0.1, 0.15) is 0 Å². The first-order valence-electron chi connectivity index (χ1n) is 6.26. The maximum Gasteiger partial charge on any atom is 0.0782 e. The summed E-state index contributed by atoms with van der Waals surface area (Å²) < 4.78 is 0. The molecule has 1 aromatic heterocycles. The van der Waals surface area contributed by atoms with E-state index in [9.17, 15) is 0 Å². The van der Waals surface area contributed by atoms with Crippen LogP contribution in [0, 0.1) is 6.92 Å². The second-order valence-corrected chi connectivity index (χ2v) is 5.70. The van der Waals surface area contributed by atoms with Crippen molar-refractivity contribution in [3.05, 3.63) is 23.8 Å². The molecule has 1 N–H and O–H groups in total. The van der Waals surface area contributed by atoms with Gasteiger partial charge in [-0.2, -0.15) is 11.8 Å². The van der Waals surface area contributed by atoms with Crippen molar-refractivity contribution in [2.75, 3.05) is 11.5 Å². The lowest BCUT2D eigenvalue weighted by molar-refractivity contribution is 0.462. The van der Waals surface area contributed by atoms with Crippen LogP contribution in [-0.2, 0) is 0 Å². The summed E-state index contributed by atoms with van der Waals surface area (Å²) in [6, 6.07) is 0.788. The lowest BCUT2D eigenvalue weighted by Gasteiger charge is -2.20. The van der Waals surface area contributed by atoms with Gasteiger partial charge in [0, 0.05) is 24.5 Å². The number of nitrogens with one attached hydrogen (secondary N) is 1. The van der Waals surface area contributed by atoms with E-state index in [4.69, 9.17) is 0 Å². The molecule has 1 heterocycles. The van der Waals surface area contributed by atoms with Crippen molar-refractivity contribution >= 4 is 11.8 Å². The average Bonchev–Trinajstić information content (AvgIpc) is 2.29. The Morgan fingerprint density at radius 3 is 2.65 bits per heavy atom. The fourth-order valence-corrected chi connectivity index (χ4v) is 2.65. The van der Waals surface area contributed by atoms with Crippen molar-refractivity contribution in [2.24, 2.45) is 0 Å². The minimum atomic E-state index is 0.269. The van der Waals surface area contributed by atoms with Gasteiger partial charge < -0.3 is 5.32 Å². The van der Waals surface area contributed by atoms with Crippen LogP contribution in [0.2, 0.25) is 0 Å². The molecule has 4 heteroatoms. The van der Waals surface area contributed by atoms with Crippen LogP contribution in [-0.4, -0.2) is 27.5 Å². The number of hydrogen-bond acceptors (Lipinski definition) is 4. The molecule has 0 spiro atoms. The van der Waals surface area contributed by atoms with Crippen LogP contribution < -0.4 is 5.32 Å². The van der Waals surface area contributed by atoms with E-state index in [1.807, 2.05) is 18.7 Å². The van der Waals surface area contributed by atoms with Gasteiger partial charge in [-0.25, -0.2) is 0 Å². The van der Waals surface area contributed by atoms with E-state index in [2.05, 4.69) is 36.1 Å². The minimum absolute atomic E-state index is 0.269. The summed E-state index contributed by atoms with van der Waals surface area (Å²) in [6.45, 7) is 8.60. The molecule has 0 amide bonds. The summed E-state index contributed by atoms with van der Waals surface area (Å²) in [5.41, 5.74) is 2.07. The van der Waals surface area contributed by atoms with Gasteiger partial charge in [-0.1, -0.05) is 6.92 Å². The Labute approximate surface area is 109 Å². The molecule has 1 rings (SSSR count). The maximum atomic E-state index is 4.40. The van der Waals surface area contributed by atoms with Gasteiger partial charge >= 0.3 is 0 Å². The summed E-state index contributed by atoms with van der Waals surface area (Å²) in [7, 11) is 0. The Kier molecular flexibility index (Phi) is 6.52. The Balaban J connectivity index is 2.43. The normalized spacial score (nSPS) is 14.6. The lowest BCUT2D eigenvalue weighted by Crippen LogP contribution is -2.30. The van der Waals surface area contributed by atoms with Crippen LogP contribution >= 0.6 is 11.8 Å². The Morgan fingerprint density at radius 2 is 2.00 bits per heavy atom. The van der Waals surface area contributed by atoms with E-state index in [0.29, 0.717) is 6.04 Å². The first-order chi connectivity index (χ1) is 8.15. The lowest BCUT2D eigenvalue weighted by atomic mass is 10.1. The Morgan fingerprint density at radius 1 is 1.29 bits per heavy atom. The predicted octanol–water partition coefficient (Wildman–Crippen LogP) is 2.97. The van der Waals surface area contributed by atoms with E-state index in [-0.39, 0.29) is 6.04 Å². The molecule has 0 aliphatic heterocycles. The first kappa shape index (κ1) is 14.5. The fourth-order valence-electron chi connectivity index (χ4n) is 1.84. The summed E-state index contributed by atoms with van der Waals surface area (Å²) in [6.07, 6.45) is 4.70. The van der Waals surface area contributed by atoms with Crippen LogP contribution in [0.4, 0.5) is 0 Å². The predicted molar refractivity (Wildman–Crippen MR) is 75.4 cm³/mol. The van der Waals surface area contributed by atoms with Crippen LogP contribution in [0.3, 0.4) is 0 Å². The second-order valence-electron chi connectivity index (χ2n) is 4.30. The molecule has 3 nitrogen and oxygen atoms in total. The molecule has 0 bridgehead atoms. The monoisotopic (exact) mass is 253 g/mol. The van der Waals surface area contributed by atoms with Gasteiger partial charge in [-0.15, -0.1) is 0 Å². The highest BCUT2D eigenvalue weighted by molar-refractivity contribution is 7.99. The molecule has 0 aliphatic rings. The highest BCUT2D eigenvalue weighted by atomic mass is 32.2. The summed E-state index contributed by atoms with van der Waals surface area (Å²) >= 11 is 1.99. The maximum absolute atomic E-state index is 4.40. The molecular formula is C13H23N3S. The van der Waals surface area contributed by atoms with Gasteiger partial charge in [0.15, 0.2) is 0 Å². The Bertz CT molecular complexity index is 330. The molecule has 0 radical (unpaired) electrons. The first-order valence-corrected chi connectivity index (χ1v) is 7.42. The zero-order valence-electron chi connectivity index (χ0n) is 11.2. The van der Waals surface area contributed by atoms with Crippen molar-refractivity contribution in [2.45, 2.75) is 46.2 Å². The van der Waals surface area contributed by atoms with E-state index in [1.165, 1.54) is 17.9 Å². The third-order valence-corrected chi connectivity index (χ3v) is 3.70. The summed E-state index contributed by atoms with van der Waals surface area (Å²) in [5.74, 6) is 2.42. The smallest absolute Gasteiger partial charge is 0.0782 e. The van der Waals surface area contributed by atoms with Crippen molar-refractivity contribution in [1.29, 1.82) is 0 Å². The van der Waals surface area contributed by atoms with Gasteiger partial charge in [0.05, 0.1) is 11.4 Å². The highest BCUT2D eigenvalue weighted by Crippen LogP contribution is 2.14. The quantitative estimate of drug-likeness (QED) is 0.758. The molecule has 2 atom stereocenters. The zero-order chi connectivity index (χ0) is 12.7. The average molecular weight is 253 g/mol. The van der Waals surface area contributed by atoms with Crippen molar-refractivity contribution < 1.29 is 0 Å². The van der Waals surface area contributed by atoms with Crippen molar-refractivity contribution in [3.8, 4) is 0 Å². The molecule has 2 unspecified atom stereocenters. The van der Waals surface area contributed by atoms with Crippen LogP contribution in [0.1, 0.15) is 44.6 Å². The molecule has 0 saturated carbocycles. The molecule has 0 fully saturated rings. The van der Waals surface area contributed by atoms with Gasteiger partial charge in [-0.05, 0) is 38.7 Å². The summed E-state index contributed by atoms with van der Waals surface area (Å²) in [4.78, 5) is 8.67. The topological polar surface area (TPSA) is 37.8 Å². The number of hydrogen-bond donors (Lipinski definition) is 1. The van der Waals surface area contributed by atoms with E-state index in [1.54, 1.807) is 12.4 Å². The second kappa shape index (κ2) is 7.67. The SMILES string of the molecule is CCSCCC(C)NC(C)c1nccnc1C. The molecule has 17 heavy (non-hydrogen) atoms. The Hall–Kier alpha value is -0.610. The fraction of sp³-hybridized carbons (Fsp3) is 0.692. The largest absolute Gasteiger partial charge is 0.306 e. The molecule has 0 aromatic carbocycles. The van der Waals surface area contributed by atoms with Crippen molar-refractivity contribution in [1.82, 2.24) is 15.3 Å². The van der Waals surface area contributed by atoms with E-state index in [0.717, 1.165) is 11.4 Å². The number of aryl methyl sites for hydroxylation is 1. The van der Waals surface area contributed by atoms with Crippen molar-refractivity contribution in [3.63, 3.8) is 0 Å². The highest BCUT2D eigenvalue weighted by Gasteiger charge is 2.12. The number of aromatic nitrogens is 2. The summed E-state index contributed by atoms with van der Waals surface area (Å²) in [5, 5.41) is 3.58. The van der Waals surface area contributed by atoms with E-state index >= 15 is 0 Å². The number of nitrogens with zero attached hydrogens (tertiary/aromatic N) is 2. The molecular weight excluding hydrogens is 230 g/mol. The third-order valence-electron chi connectivity index (χ3n) is 2.76. The molecule has 1 aromatic rings.